The van der Waals surface area contributed by atoms with Gasteiger partial charge in [-0.1, -0.05) is 42.8 Å². The Morgan fingerprint density at radius 3 is 2.65 bits per heavy atom. The Morgan fingerprint density at radius 1 is 1.24 bits per heavy atom. The Balaban J connectivity index is 2.45. The fraction of sp³-hybridized carbons (Fsp3) is 0.375. The fourth-order valence-corrected chi connectivity index (χ4v) is 2.83. The lowest BCUT2D eigenvalue weighted by molar-refractivity contribution is 0.825. The minimum atomic E-state index is 0.354. The highest BCUT2D eigenvalue weighted by molar-refractivity contribution is 6.30. The summed E-state index contributed by atoms with van der Waals surface area (Å²) >= 11 is 6.33. The van der Waals surface area contributed by atoms with E-state index in [4.69, 9.17) is 11.6 Å². The van der Waals surface area contributed by atoms with E-state index in [1.54, 1.807) is 0 Å². The van der Waals surface area contributed by atoms with Gasteiger partial charge >= 0.3 is 0 Å². The second-order valence-electron chi connectivity index (χ2n) is 4.76. The van der Waals surface area contributed by atoms with Gasteiger partial charge in [-0.2, -0.15) is 0 Å². The molecular weight excluding hydrogens is 228 g/mol. The van der Waals surface area contributed by atoms with Crippen molar-refractivity contribution in [2.45, 2.75) is 39.5 Å². The summed E-state index contributed by atoms with van der Waals surface area (Å²) in [5, 5.41) is 0.960. The van der Waals surface area contributed by atoms with E-state index >= 15 is 0 Å². The van der Waals surface area contributed by atoms with Crippen LogP contribution in [0.15, 0.2) is 35.4 Å². The Labute approximate surface area is 109 Å². The van der Waals surface area contributed by atoms with Crippen LogP contribution in [0.3, 0.4) is 0 Å². The molecule has 1 unspecified atom stereocenters. The molecule has 1 aromatic rings. The van der Waals surface area contributed by atoms with Gasteiger partial charge in [0.05, 0.1) is 0 Å². The lowest BCUT2D eigenvalue weighted by atomic mass is 9.86. The Morgan fingerprint density at radius 2 is 2.00 bits per heavy atom. The van der Waals surface area contributed by atoms with E-state index in [0.717, 1.165) is 17.9 Å². The molecule has 0 saturated heterocycles. The molecule has 90 valence electrons. The van der Waals surface area contributed by atoms with Crippen LogP contribution in [0, 0.1) is 13.8 Å². The Hall–Kier alpha value is -1.01. The summed E-state index contributed by atoms with van der Waals surface area (Å²) in [6, 6.07) is 4.63. The van der Waals surface area contributed by atoms with Gasteiger partial charge in [-0.05, 0) is 55.0 Å². The molecular formula is C16H19Cl. The lowest BCUT2D eigenvalue weighted by Crippen LogP contribution is -2.05. The van der Waals surface area contributed by atoms with E-state index in [1.807, 2.05) is 12.2 Å². The molecule has 1 aliphatic carbocycles. The summed E-state index contributed by atoms with van der Waals surface area (Å²) in [6.45, 7) is 6.58. The summed E-state index contributed by atoms with van der Waals surface area (Å²) in [4.78, 5) is 0. The number of allylic oxidation sites excluding steroid dienone is 4. The number of hydrogen-bond donors (Lipinski definition) is 0. The first-order chi connectivity index (χ1) is 8.13. The van der Waals surface area contributed by atoms with Gasteiger partial charge in [-0.3, -0.25) is 0 Å². The quantitative estimate of drug-likeness (QED) is 0.687. The first-order valence-corrected chi connectivity index (χ1v) is 6.63. The summed E-state index contributed by atoms with van der Waals surface area (Å²) in [5.74, 6) is 0.354. The largest absolute Gasteiger partial charge is 0.0885 e. The Kier molecular flexibility index (Phi) is 3.73. The number of benzene rings is 1. The zero-order valence-corrected chi connectivity index (χ0v) is 11.5. The van der Waals surface area contributed by atoms with Crippen molar-refractivity contribution in [2.75, 3.05) is 0 Å². The number of hydrogen-bond acceptors (Lipinski definition) is 0. The second kappa shape index (κ2) is 5.10. The molecule has 0 N–H and O–H groups in total. The molecule has 17 heavy (non-hydrogen) atoms. The average Bonchev–Trinajstić information content (AvgIpc) is 2.31. The van der Waals surface area contributed by atoms with Crippen molar-refractivity contribution in [1.82, 2.24) is 0 Å². The molecule has 1 atom stereocenters. The van der Waals surface area contributed by atoms with Crippen molar-refractivity contribution < 1.29 is 0 Å². The molecule has 0 saturated carbocycles. The highest BCUT2D eigenvalue weighted by Gasteiger charge is 2.18. The summed E-state index contributed by atoms with van der Waals surface area (Å²) in [5.41, 5.74) is 5.56. The maximum atomic E-state index is 6.33. The second-order valence-corrected chi connectivity index (χ2v) is 5.19. The van der Waals surface area contributed by atoms with Crippen LogP contribution in [0.25, 0.3) is 0 Å². The number of halogens is 1. The molecule has 0 radical (unpaired) electrons. The smallest absolute Gasteiger partial charge is 0.0258 e. The molecule has 0 fully saturated rings. The molecule has 1 heteroatoms. The van der Waals surface area contributed by atoms with Gasteiger partial charge in [-0.25, -0.2) is 0 Å². The normalized spacial score (nSPS) is 19.3. The summed E-state index contributed by atoms with van der Waals surface area (Å²) < 4.78 is 0. The van der Waals surface area contributed by atoms with Crippen LogP contribution < -0.4 is 0 Å². The fourth-order valence-electron chi connectivity index (χ4n) is 2.55. The molecule has 0 heterocycles. The third-order valence-electron chi connectivity index (χ3n) is 3.58. The van der Waals surface area contributed by atoms with Crippen molar-refractivity contribution in [3.05, 3.63) is 57.6 Å². The maximum absolute atomic E-state index is 6.33. The van der Waals surface area contributed by atoms with Crippen LogP contribution in [0.5, 0.6) is 0 Å². The Bertz CT molecular complexity index is 481. The molecule has 0 bridgehead atoms. The van der Waals surface area contributed by atoms with Crippen molar-refractivity contribution in [3.63, 3.8) is 0 Å². The van der Waals surface area contributed by atoms with E-state index in [9.17, 15) is 0 Å². The average molecular weight is 247 g/mol. The van der Waals surface area contributed by atoms with Gasteiger partial charge in [0.25, 0.3) is 0 Å². The topological polar surface area (TPSA) is 0 Å². The van der Waals surface area contributed by atoms with Crippen LogP contribution in [0.2, 0.25) is 0 Å². The van der Waals surface area contributed by atoms with Gasteiger partial charge in [-0.15, -0.1) is 0 Å². The molecule has 0 spiro atoms. The van der Waals surface area contributed by atoms with E-state index in [0.29, 0.717) is 5.92 Å². The number of aryl methyl sites for hydroxylation is 3. The third-order valence-corrected chi connectivity index (χ3v) is 3.97. The zero-order valence-electron chi connectivity index (χ0n) is 10.8. The van der Waals surface area contributed by atoms with Gasteiger partial charge in [0.2, 0.25) is 0 Å². The van der Waals surface area contributed by atoms with Crippen LogP contribution >= 0.6 is 11.6 Å². The van der Waals surface area contributed by atoms with Crippen LogP contribution in [-0.2, 0) is 6.42 Å². The maximum Gasteiger partial charge on any atom is 0.0258 e. The zero-order chi connectivity index (χ0) is 12.4. The predicted molar refractivity (Wildman–Crippen MR) is 75.7 cm³/mol. The van der Waals surface area contributed by atoms with Gasteiger partial charge in [0.15, 0.2) is 0 Å². The van der Waals surface area contributed by atoms with Crippen molar-refractivity contribution in [2.24, 2.45) is 0 Å². The van der Waals surface area contributed by atoms with Gasteiger partial charge in [0, 0.05) is 11.0 Å². The molecule has 2 rings (SSSR count). The van der Waals surface area contributed by atoms with Gasteiger partial charge in [0.1, 0.15) is 0 Å². The van der Waals surface area contributed by atoms with E-state index in [-0.39, 0.29) is 0 Å². The van der Waals surface area contributed by atoms with Crippen LogP contribution in [-0.4, -0.2) is 0 Å². The van der Waals surface area contributed by atoms with Crippen molar-refractivity contribution in [3.8, 4) is 0 Å². The van der Waals surface area contributed by atoms with Gasteiger partial charge < -0.3 is 0 Å². The van der Waals surface area contributed by atoms with E-state index < -0.39 is 0 Å². The highest BCUT2D eigenvalue weighted by atomic mass is 35.5. The minimum Gasteiger partial charge on any atom is -0.0885 e. The molecule has 1 aliphatic rings. The van der Waals surface area contributed by atoms with E-state index in [2.05, 4.69) is 39.0 Å². The summed E-state index contributed by atoms with van der Waals surface area (Å²) in [6.07, 6.45) is 8.36. The highest BCUT2D eigenvalue weighted by Crippen LogP contribution is 2.36. The van der Waals surface area contributed by atoms with Crippen LogP contribution in [0.1, 0.15) is 41.5 Å². The first kappa shape index (κ1) is 12.4. The summed E-state index contributed by atoms with van der Waals surface area (Å²) in [7, 11) is 0. The van der Waals surface area contributed by atoms with Crippen LogP contribution in [0.4, 0.5) is 0 Å². The molecule has 0 aliphatic heterocycles. The molecule has 1 aromatic carbocycles. The standard InChI is InChI=1S/C16H19Cl/c1-4-13-10-15(12(3)9-11(13)2)14-7-5-6-8-16(14)17/h5-6,8-10,14H,4,7H2,1-3H3. The minimum absolute atomic E-state index is 0.354. The predicted octanol–water partition coefficient (Wildman–Crippen LogP) is 5.03. The monoisotopic (exact) mass is 246 g/mol. The molecule has 0 amide bonds. The van der Waals surface area contributed by atoms with E-state index in [1.165, 1.54) is 22.3 Å². The van der Waals surface area contributed by atoms with Crippen molar-refractivity contribution >= 4 is 11.6 Å². The first-order valence-electron chi connectivity index (χ1n) is 6.25. The van der Waals surface area contributed by atoms with Crippen molar-refractivity contribution in [1.29, 1.82) is 0 Å². The SMILES string of the molecule is CCc1cc(C2CC=CC=C2Cl)c(C)cc1C. The lowest BCUT2D eigenvalue weighted by Gasteiger charge is -2.21. The molecule has 0 aromatic heterocycles. The molecule has 0 nitrogen and oxygen atoms in total. The third kappa shape index (κ3) is 2.47. The number of rotatable bonds is 2.